The van der Waals surface area contributed by atoms with E-state index in [4.69, 9.17) is 14.6 Å². The van der Waals surface area contributed by atoms with Gasteiger partial charge in [0.1, 0.15) is 0 Å². The van der Waals surface area contributed by atoms with Crippen LogP contribution in [0.15, 0.2) is 42.5 Å². The van der Waals surface area contributed by atoms with E-state index in [1.807, 2.05) is 25.1 Å². The summed E-state index contributed by atoms with van der Waals surface area (Å²) in [6.45, 7) is 6.65. The molecule has 6 nitrogen and oxygen atoms in total. The van der Waals surface area contributed by atoms with Crippen molar-refractivity contribution < 1.29 is 24.2 Å². The molecular formula is C22H27NO5. The van der Waals surface area contributed by atoms with Gasteiger partial charge in [-0.3, -0.25) is 4.79 Å². The monoisotopic (exact) mass is 385 g/mol. The second-order valence-electron chi connectivity index (χ2n) is 7.08. The van der Waals surface area contributed by atoms with E-state index in [1.54, 1.807) is 19.2 Å². The standard InChI is InChI=1S/C22H27NO5/c1-14(2)13-28-19-10-9-18(12-20(19)27-4)15(3)23-21(24)11-16-5-7-17(8-6-16)22(25)26/h5-10,12,14-15H,11,13H2,1-4H3,(H,23,24)(H,25,26). The van der Waals surface area contributed by atoms with Crippen LogP contribution in [0.2, 0.25) is 0 Å². The molecule has 1 unspecified atom stereocenters. The van der Waals surface area contributed by atoms with Crippen LogP contribution in [0.1, 0.15) is 48.3 Å². The van der Waals surface area contributed by atoms with Gasteiger partial charge in [0.25, 0.3) is 0 Å². The van der Waals surface area contributed by atoms with Gasteiger partial charge in [-0.1, -0.05) is 32.0 Å². The molecule has 1 atom stereocenters. The second kappa shape index (κ2) is 9.78. The number of amides is 1. The Bertz CT molecular complexity index is 814. The van der Waals surface area contributed by atoms with Crippen LogP contribution >= 0.6 is 0 Å². The van der Waals surface area contributed by atoms with Gasteiger partial charge in [-0.15, -0.1) is 0 Å². The largest absolute Gasteiger partial charge is 0.493 e. The lowest BCUT2D eigenvalue weighted by Crippen LogP contribution is -2.28. The number of carbonyl (C=O) groups excluding carboxylic acids is 1. The SMILES string of the molecule is COc1cc(C(C)NC(=O)Cc2ccc(C(=O)O)cc2)ccc1OCC(C)C. The van der Waals surface area contributed by atoms with E-state index in [2.05, 4.69) is 19.2 Å². The summed E-state index contributed by atoms with van der Waals surface area (Å²) in [6, 6.07) is 11.7. The van der Waals surface area contributed by atoms with Gasteiger partial charge in [0.15, 0.2) is 11.5 Å². The van der Waals surface area contributed by atoms with Crippen molar-refractivity contribution in [3.8, 4) is 11.5 Å². The van der Waals surface area contributed by atoms with Crippen LogP contribution < -0.4 is 14.8 Å². The topological polar surface area (TPSA) is 84.9 Å². The van der Waals surface area contributed by atoms with Crippen molar-refractivity contribution in [3.63, 3.8) is 0 Å². The summed E-state index contributed by atoms with van der Waals surface area (Å²) >= 11 is 0. The third kappa shape index (κ3) is 6.01. The van der Waals surface area contributed by atoms with Gasteiger partial charge >= 0.3 is 5.97 Å². The number of methoxy groups -OCH3 is 1. The molecule has 0 radical (unpaired) electrons. The lowest BCUT2D eigenvalue weighted by molar-refractivity contribution is -0.121. The molecule has 6 heteroatoms. The number of aromatic carboxylic acids is 1. The summed E-state index contributed by atoms with van der Waals surface area (Å²) in [5.74, 6) is 0.585. The summed E-state index contributed by atoms with van der Waals surface area (Å²) in [6.07, 6.45) is 0.178. The second-order valence-corrected chi connectivity index (χ2v) is 7.08. The van der Waals surface area contributed by atoms with Crippen LogP contribution in [0.4, 0.5) is 0 Å². The molecular weight excluding hydrogens is 358 g/mol. The van der Waals surface area contributed by atoms with Crippen molar-refractivity contribution in [2.45, 2.75) is 33.2 Å². The number of carboxylic acids is 1. The third-order valence-electron chi connectivity index (χ3n) is 4.20. The minimum Gasteiger partial charge on any atom is -0.493 e. The predicted molar refractivity (Wildman–Crippen MR) is 107 cm³/mol. The average Bonchev–Trinajstić information content (AvgIpc) is 2.66. The molecule has 0 bridgehead atoms. The number of carboxylic acid groups (broad SMARTS) is 1. The molecule has 0 heterocycles. The van der Waals surface area contributed by atoms with Crippen molar-refractivity contribution in [1.29, 1.82) is 0 Å². The molecule has 2 rings (SSSR count). The number of nitrogens with one attached hydrogen (secondary N) is 1. The van der Waals surface area contributed by atoms with Crippen LogP contribution in [-0.2, 0) is 11.2 Å². The van der Waals surface area contributed by atoms with Gasteiger partial charge in [-0.25, -0.2) is 4.79 Å². The molecule has 0 saturated carbocycles. The van der Waals surface area contributed by atoms with E-state index < -0.39 is 5.97 Å². The maximum absolute atomic E-state index is 12.3. The highest BCUT2D eigenvalue weighted by atomic mass is 16.5. The number of hydrogen-bond donors (Lipinski definition) is 2. The Morgan fingerprint density at radius 1 is 1.04 bits per heavy atom. The first-order valence-corrected chi connectivity index (χ1v) is 9.22. The molecule has 2 aromatic rings. The van der Waals surface area contributed by atoms with Crippen LogP contribution in [0.3, 0.4) is 0 Å². The molecule has 0 saturated heterocycles. The molecule has 0 spiro atoms. The van der Waals surface area contributed by atoms with E-state index in [-0.39, 0.29) is 23.9 Å². The molecule has 0 aliphatic carbocycles. The van der Waals surface area contributed by atoms with Crippen molar-refractivity contribution >= 4 is 11.9 Å². The first kappa shape index (κ1) is 21.3. The zero-order chi connectivity index (χ0) is 20.7. The van der Waals surface area contributed by atoms with Gasteiger partial charge in [-0.2, -0.15) is 0 Å². The summed E-state index contributed by atoms with van der Waals surface area (Å²) < 4.78 is 11.2. The maximum atomic E-state index is 12.3. The normalized spacial score (nSPS) is 11.8. The van der Waals surface area contributed by atoms with Crippen molar-refractivity contribution in [2.75, 3.05) is 13.7 Å². The zero-order valence-electron chi connectivity index (χ0n) is 16.7. The first-order valence-electron chi connectivity index (χ1n) is 9.22. The predicted octanol–water partition coefficient (Wildman–Crippen LogP) is 3.85. The molecule has 0 aromatic heterocycles. The van der Waals surface area contributed by atoms with Crippen LogP contribution in [0.25, 0.3) is 0 Å². The molecule has 28 heavy (non-hydrogen) atoms. The van der Waals surface area contributed by atoms with Crippen molar-refractivity contribution in [1.82, 2.24) is 5.32 Å². The van der Waals surface area contributed by atoms with E-state index in [0.717, 1.165) is 11.1 Å². The highest BCUT2D eigenvalue weighted by Gasteiger charge is 2.14. The fraction of sp³-hybridized carbons (Fsp3) is 0.364. The Labute approximate surface area is 165 Å². The van der Waals surface area contributed by atoms with E-state index in [0.29, 0.717) is 24.0 Å². The summed E-state index contributed by atoms with van der Waals surface area (Å²) in [5, 5.41) is 11.9. The zero-order valence-corrected chi connectivity index (χ0v) is 16.7. The van der Waals surface area contributed by atoms with Gasteiger partial charge in [0.05, 0.1) is 31.7 Å². The quantitative estimate of drug-likeness (QED) is 0.685. The fourth-order valence-corrected chi connectivity index (χ4v) is 2.66. The minimum atomic E-state index is -0.987. The molecule has 2 aromatic carbocycles. The van der Waals surface area contributed by atoms with E-state index in [1.165, 1.54) is 12.1 Å². The Hall–Kier alpha value is -3.02. The average molecular weight is 385 g/mol. The highest BCUT2D eigenvalue weighted by molar-refractivity contribution is 5.87. The van der Waals surface area contributed by atoms with Gasteiger partial charge in [-0.05, 0) is 48.2 Å². The maximum Gasteiger partial charge on any atom is 0.335 e. The minimum absolute atomic E-state index is 0.144. The van der Waals surface area contributed by atoms with E-state index in [9.17, 15) is 9.59 Å². The summed E-state index contributed by atoms with van der Waals surface area (Å²) in [7, 11) is 1.59. The summed E-state index contributed by atoms with van der Waals surface area (Å²) in [5.41, 5.74) is 1.86. The molecule has 1 amide bonds. The van der Waals surface area contributed by atoms with Gasteiger partial charge in [0, 0.05) is 0 Å². The van der Waals surface area contributed by atoms with Crippen LogP contribution in [-0.4, -0.2) is 30.7 Å². The molecule has 0 aliphatic heterocycles. The molecule has 150 valence electrons. The molecule has 2 N–H and O–H groups in total. The highest BCUT2D eigenvalue weighted by Crippen LogP contribution is 2.30. The van der Waals surface area contributed by atoms with Gasteiger partial charge < -0.3 is 19.9 Å². The summed E-state index contributed by atoms with van der Waals surface area (Å²) in [4.78, 5) is 23.2. The lowest BCUT2D eigenvalue weighted by Gasteiger charge is -2.18. The Morgan fingerprint density at radius 2 is 1.71 bits per heavy atom. The van der Waals surface area contributed by atoms with Crippen molar-refractivity contribution in [3.05, 3.63) is 59.2 Å². The number of rotatable bonds is 9. The lowest BCUT2D eigenvalue weighted by atomic mass is 10.1. The number of carbonyl (C=O) groups is 2. The third-order valence-corrected chi connectivity index (χ3v) is 4.20. The number of hydrogen-bond acceptors (Lipinski definition) is 4. The number of ether oxygens (including phenoxy) is 2. The number of benzene rings is 2. The van der Waals surface area contributed by atoms with Crippen LogP contribution in [0, 0.1) is 5.92 Å². The fourth-order valence-electron chi connectivity index (χ4n) is 2.66. The Kier molecular flexibility index (Phi) is 7.44. The first-order chi connectivity index (χ1) is 13.3. The van der Waals surface area contributed by atoms with Crippen molar-refractivity contribution in [2.24, 2.45) is 5.92 Å². The van der Waals surface area contributed by atoms with E-state index >= 15 is 0 Å². The van der Waals surface area contributed by atoms with Gasteiger partial charge in [0.2, 0.25) is 5.91 Å². The smallest absolute Gasteiger partial charge is 0.335 e. The molecule has 0 aliphatic rings. The molecule has 0 fully saturated rings. The Morgan fingerprint density at radius 3 is 2.29 bits per heavy atom. The Balaban J connectivity index is 1.99. The van der Waals surface area contributed by atoms with Crippen LogP contribution in [0.5, 0.6) is 11.5 Å².